The second kappa shape index (κ2) is 28.5. The summed E-state index contributed by atoms with van der Waals surface area (Å²) < 4.78 is 5.38. The van der Waals surface area contributed by atoms with Gasteiger partial charge in [-0.25, -0.2) is 0 Å². The molecule has 192 valence electrons. The van der Waals surface area contributed by atoms with Gasteiger partial charge < -0.3 is 4.74 Å². The normalized spacial score (nSPS) is 11.2. The quantitative estimate of drug-likeness (QED) is 0.0914. The fourth-order valence-electron chi connectivity index (χ4n) is 4.49. The van der Waals surface area contributed by atoms with Gasteiger partial charge in [-0.3, -0.25) is 4.79 Å². The van der Waals surface area contributed by atoms with Crippen LogP contribution in [0.4, 0.5) is 0 Å². The molecule has 0 spiro atoms. The molecule has 0 unspecified atom stereocenters. The molecule has 0 bridgehead atoms. The molecule has 2 nitrogen and oxygen atoms in total. The molecule has 0 N–H and O–H groups in total. The van der Waals surface area contributed by atoms with Crippen molar-refractivity contribution in [3.05, 3.63) is 0 Å². The van der Waals surface area contributed by atoms with Crippen LogP contribution in [0.2, 0.25) is 0 Å². The van der Waals surface area contributed by atoms with Crippen molar-refractivity contribution >= 4 is 5.97 Å². The maximum absolute atomic E-state index is 11.8. The highest BCUT2D eigenvalue weighted by Crippen LogP contribution is 2.14. The Kier molecular flexibility index (Phi) is 28.0. The van der Waals surface area contributed by atoms with Gasteiger partial charge in [-0.05, 0) is 12.8 Å². The maximum Gasteiger partial charge on any atom is 0.305 e. The summed E-state index contributed by atoms with van der Waals surface area (Å²) in [7, 11) is 0. The highest BCUT2D eigenvalue weighted by Gasteiger charge is 2.02. The molecule has 2 heteroatoms. The van der Waals surface area contributed by atoms with Crippen molar-refractivity contribution in [2.75, 3.05) is 6.61 Å². The van der Waals surface area contributed by atoms with Gasteiger partial charge in [-0.15, -0.1) is 0 Å². The van der Waals surface area contributed by atoms with Gasteiger partial charge in [0.05, 0.1) is 6.61 Å². The summed E-state index contributed by atoms with van der Waals surface area (Å²) in [6.45, 7) is 5.18. The van der Waals surface area contributed by atoms with Gasteiger partial charge in [0, 0.05) is 6.42 Å². The number of carbonyl (C=O) groups excluding carboxylic acids is 1. The first-order valence-electron chi connectivity index (χ1n) is 15.0. The van der Waals surface area contributed by atoms with E-state index in [0.717, 1.165) is 12.8 Å². The lowest BCUT2D eigenvalue weighted by Gasteiger charge is -2.05. The van der Waals surface area contributed by atoms with E-state index in [9.17, 15) is 4.79 Å². The summed E-state index contributed by atoms with van der Waals surface area (Å²) in [5, 5.41) is 0. The van der Waals surface area contributed by atoms with E-state index >= 15 is 0 Å². The Hall–Kier alpha value is -0.530. The van der Waals surface area contributed by atoms with Crippen LogP contribution in [0.15, 0.2) is 0 Å². The van der Waals surface area contributed by atoms with Gasteiger partial charge in [-0.2, -0.15) is 0 Å². The van der Waals surface area contributed by atoms with E-state index in [1.165, 1.54) is 148 Å². The minimum absolute atomic E-state index is 0.0221. The Morgan fingerprint density at radius 2 is 0.688 bits per heavy atom. The lowest BCUT2D eigenvalue weighted by molar-refractivity contribution is -0.143. The number of rotatable bonds is 27. The molecule has 0 aliphatic carbocycles. The molecule has 0 atom stereocenters. The van der Waals surface area contributed by atoms with Crippen LogP contribution in [-0.2, 0) is 9.53 Å². The van der Waals surface area contributed by atoms with Gasteiger partial charge >= 0.3 is 5.97 Å². The van der Waals surface area contributed by atoms with Gasteiger partial charge in [0.2, 0.25) is 0 Å². The van der Waals surface area contributed by atoms with Crippen molar-refractivity contribution in [2.45, 2.75) is 181 Å². The van der Waals surface area contributed by atoms with Crippen LogP contribution in [0.25, 0.3) is 0 Å². The minimum atomic E-state index is 0.0221. The van der Waals surface area contributed by atoms with E-state index in [-0.39, 0.29) is 5.97 Å². The first-order chi connectivity index (χ1) is 15.8. The monoisotopic (exact) mass is 452 g/mol. The number of hydrogen-bond donors (Lipinski definition) is 0. The Bertz CT molecular complexity index is 353. The van der Waals surface area contributed by atoms with Crippen molar-refractivity contribution < 1.29 is 9.53 Å². The van der Waals surface area contributed by atoms with E-state index in [1.54, 1.807) is 0 Å². The first-order valence-corrected chi connectivity index (χ1v) is 15.0. The summed E-state index contributed by atoms with van der Waals surface area (Å²) in [4.78, 5) is 11.8. The van der Waals surface area contributed by atoms with E-state index < -0.39 is 0 Å². The summed E-state index contributed by atoms with van der Waals surface area (Å²) in [5.41, 5.74) is 0. The summed E-state index contributed by atoms with van der Waals surface area (Å²) >= 11 is 0. The molecule has 0 rings (SSSR count). The lowest BCUT2D eigenvalue weighted by Crippen LogP contribution is -2.05. The molecule has 0 aromatic carbocycles. The standard InChI is InChI=1S/C30H60O2/c1-3-5-7-9-11-13-14-15-16-17-18-19-20-21-22-24-26-28-30(31)32-29-27-25-23-12-10-8-6-4-2/h3-29H2,1-2H3. The van der Waals surface area contributed by atoms with Gasteiger partial charge in [-0.1, -0.05) is 162 Å². The van der Waals surface area contributed by atoms with E-state index in [1.807, 2.05) is 0 Å². The fraction of sp³-hybridized carbons (Fsp3) is 0.967. The van der Waals surface area contributed by atoms with Crippen molar-refractivity contribution in [2.24, 2.45) is 0 Å². The molecule has 0 heterocycles. The highest BCUT2D eigenvalue weighted by molar-refractivity contribution is 5.69. The summed E-state index contributed by atoms with van der Waals surface area (Å²) in [6, 6.07) is 0. The second-order valence-electron chi connectivity index (χ2n) is 10.1. The van der Waals surface area contributed by atoms with Crippen LogP contribution in [0.3, 0.4) is 0 Å². The average molecular weight is 453 g/mol. The Balaban J connectivity index is 3.12. The molecule has 0 aromatic heterocycles. The fourth-order valence-corrected chi connectivity index (χ4v) is 4.49. The van der Waals surface area contributed by atoms with Crippen LogP contribution in [0.1, 0.15) is 181 Å². The Labute approximate surface area is 203 Å². The molecule has 0 aliphatic rings. The van der Waals surface area contributed by atoms with Crippen LogP contribution < -0.4 is 0 Å². The number of unbranched alkanes of at least 4 members (excludes halogenated alkanes) is 23. The zero-order valence-electron chi connectivity index (χ0n) is 22.4. The topological polar surface area (TPSA) is 26.3 Å². The minimum Gasteiger partial charge on any atom is -0.466 e. The van der Waals surface area contributed by atoms with Gasteiger partial charge in [0.1, 0.15) is 0 Å². The van der Waals surface area contributed by atoms with Gasteiger partial charge in [0.15, 0.2) is 0 Å². The van der Waals surface area contributed by atoms with E-state index in [4.69, 9.17) is 4.74 Å². The van der Waals surface area contributed by atoms with Crippen LogP contribution in [-0.4, -0.2) is 12.6 Å². The average Bonchev–Trinajstić information content (AvgIpc) is 2.80. The zero-order chi connectivity index (χ0) is 23.4. The predicted molar refractivity (Wildman–Crippen MR) is 142 cm³/mol. The molecule has 0 fully saturated rings. The Morgan fingerprint density at radius 1 is 0.406 bits per heavy atom. The van der Waals surface area contributed by atoms with Crippen molar-refractivity contribution in [1.29, 1.82) is 0 Å². The maximum atomic E-state index is 11.8. The summed E-state index contributed by atoms with van der Waals surface area (Å²) in [6.07, 6.45) is 34.3. The molecule has 0 saturated heterocycles. The summed E-state index contributed by atoms with van der Waals surface area (Å²) in [5.74, 6) is 0.0221. The first kappa shape index (κ1) is 31.5. The lowest BCUT2D eigenvalue weighted by atomic mass is 10.0. The molecule has 0 aromatic rings. The third kappa shape index (κ3) is 27.5. The van der Waals surface area contributed by atoms with Crippen molar-refractivity contribution in [1.82, 2.24) is 0 Å². The van der Waals surface area contributed by atoms with Crippen LogP contribution >= 0.6 is 0 Å². The van der Waals surface area contributed by atoms with E-state index in [2.05, 4.69) is 13.8 Å². The molecule has 0 amide bonds. The molecule has 32 heavy (non-hydrogen) atoms. The van der Waals surface area contributed by atoms with Crippen LogP contribution in [0, 0.1) is 0 Å². The predicted octanol–water partition coefficient (Wildman–Crippen LogP) is 10.7. The number of hydrogen-bond acceptors (Lipinski definition) is 2. The van der Waals surface area contributed by atoms with E-state index in [0.29, 0.717) is 13.0 Å². The molecule has 0 radical (unpaired) electrons. The zero-order valence-corrected chi connectivity index (χ0v) is 22.4. The number of carbonyl (C=O) groups is 1. The second-order valence-corrected chi connectivity index (χ2v) is 10.1. The SMILES string of the molecule is CCCCCCCCCCCCCCCCCCCC(=O)OCCCCCCCCCC. The highest BCUT2D eigenvalue weighted by atomic mass is 16.5. The van der Waals surface area contributed by atoms with Crippen LogP contribution in [0.5, 0.6) is 0 Å². The number of ether oxygens (including phenoxy) is 1. The molecular weight excluding hydrogens is 392 g/mol. The molecule has 0 aliphatic heterocycles. The third-order valence-corrected chi connectivity index (χ3v) is 6.75. The Morgan fingerprint density at radius 3 is 1.03 bits per heavy atom. The molecular formula is C30H60O2. The number of esters is 1. The largest absolute Gasteiger partial charge is 0.466 e. The van der Waals surface area contributed by atoms with Crippen molar-refractivity contribution in [3.8, 4) is 0 Å². The third-order valence-electron chi connectivity index (χ3n) is 6.75. The van der Waals surface area contributed by atoms with Crippen molar-refractivity contribution in [3.63, 3.8) is 0 Å². The molecule has 0 saturated carbocycles. The smallest absolute Gasteiger partial charge is 0.305 e. The van der Waals surface area contributed by atoms with Gasteiger partial charge in [0.25, 0.3) is 0 Å².